The van der Waals surface area contributed by atoms with Gasteiger partial charge in [0.25, 0.3) is 5.97 Å². The molecule has 0 atom stereocenters. The molecule has 0 aromatic rings. The maximum absolute atomic E-state index is 9.43. The summed E-state index contributed by atoms with van der Waals surface area (Å²) in [4.78, 5) is 27.9. The Balaban J connectivity index is -0.000000150. The van der Waals surface area contributed by atoms with E-state index in [-0.39, 0.29) is 29.6 Å². The Morgan fingerprint density at radius 3 is 1.15 bits per heavy atom. The van der Waals surface area contributed by atoms with Gasteiger partial charge in [-0.1, -0.05) is 0 Å². The molecule has 0 spiro atoms. The van der Waals surface area contributed by atoms with Crippen LogP contribution in [-0.2, 0) is 14.4 Å². The summed E-state index contributed by atoms with van der Waals surface area (Å²) in [6.07, 6.45) is -0.806. The van der Waals surface area contributed by atoms with E-state index in [1.165, 1.54) is 0 Å². The minimum Gasteiger partial charge on any atom is -0.846 e. The Hall–Kier alpha value is -0.630. The van der Waals surface area contributed by atoms with Gasteiger partial charge in [-0.15, -0.1) is 0 Å². The molecule has 0 fully saturated rings. The van der Waals surface area contributed by atoms with Gasteiger partial charge in [0.2, 0.25) is 0 Å². The molecule has 13 heavy (non-hydrogen) atoms. The molecule has 70 valence electrons. The summed E-state index contributed by atoms with van der Waals surface area (Å²) in [5.41, 5.74) is 0. The minimum atomic E-state index is -1.31. The van der Waals surface area contributed by atoms with Gasteiger partial charge in [0, 0.05) is 0 Å². The number of aliphatic carboxylic acids is 3. The largest absolute Gasteiger partial charge is 1.00 e. The first kappa shape index (κ1) is 18.2. The molecule has 8 heteroatoms. The maximum Gasteiger partial charge on any atom is 1.00 e. The summed E-state index contributed by atoms with van der Waals surface area (Å²) in [6.45, 7) is -1.03. The van der Waals surface area contributed by atoms with E-state index in [2.05, 4.69) is 0 Å². The van der Waals surface area contributed by atoms with Crippen LogP contribution in [0.3, 0.4) is 0 Å². The SMILES string of the molecule is O=C(O)CC(=O)O.O=C(O)C[O-].[Na+]. The number of rotatable bonds is 3. The van der Waals surface area contributed by atoms with Crippen LogP contribution in [0.15, 0.2) is 0 Å². The van der Waals surface area contributed by atoms with Gasteiger partial charge < -0.3 is 20.4 Å². The molecule has 7 nitrogen and oxygen atoms in total. The van der Waals surface area contributed by atoms with Crippen LogP contribution in [0, 0.1) is 0 Å². The fourth-order valence-corrected chi connectivity index (χ4v) is 0.129. The van der Waals surface area contributed by atoms with Crippen molar-refractivity contribution in [3.05, 3.63) is 0 Å². The average Bonchev–Trinajstić information content (AvgIpc) is 1.85. The van der Waals surface area contributed by atoms with Crippen molar-refractivity contribution in [2.45, 2.75) is 6.42 Å². The van der Waals surface area contributed by atoms with Crippen LogP contribution in [-0.4, -0.2) is 39.8 Å². The number of carboxylic acids is 3. The van der Waals surface area contributed by atoms with Gasteiger partial charge in [0.1, 0.15) is 6.42 Å². The van der Waals surface area contributed by atoms with Crippen molar-refractivity contribution in [2.75, 3.05) is 6.61 Å². The summed E-state index contributed by atoms with van der Waals surface area (Å²) in [7, 11) is 0. The fourth-order valence-electron chi connectivity index (χ4n) is 0.129. The van der Waals surface area contributed by atoms with E-state index in [0.29, 0.717) is 0 Å². The van der Waals surface area contributed by atoms with E-state index < -0.39 is 30.9 Å². The van der Waals surface area contributed by atoms with Gasteiger partial charge in [-0.25, -0.2) is 0 Å². The number of carbonyl (C=O) groups is 3. The van der Waals surface area contributed by atoms with E-state index >= 15 is 0 Å². The normalized spacial score (nSPS) is 7.15. The molecule has 0 radical (unpaired) electrons. The smallest absolute Gasteiger partial charge is 0.846 e. The van der Waals surface area contributed by atoms with Crippen molar-refractivity contribution >= 4 is 17.9 Å². The molecular formula is C5H7NaO7. The third kappa shape index (κ3) is 34.6. The molecule has 0 aliphatic heterocycles. The molecule has 0 aliphatic carbocycles. The molecule has 0 bridgehead atoms. The molecule has 0 heterocycles. The summed E-state index contributed by atoms with van der Waals surface area (Å²) in [5, 5.41) is 31.8. The quantitative estimate of drug-likeness (QED) is 0.308. The second kappa shape index (κ2) is 11.4. The Morgan fingerprint density at radius 2 is 1.15 bits per heavy atom. The molecule has 0 amide bonds. The predicted octanol–water partition coefficient (Wildman–Crippen LogP) is -5.02. The van der Waals surface area contributed by atoms with E-state index in [0.717, 1.165) is 0 Å². The van der Waals surface area contributed by atoms with Gasteiger partial charge >= 0.3 is 41.5 Å². The zero-order chi connectivity index (χ0) is 10.1. The zero-order valence-corrected chi connectivity index (χ0v) is 8.89. The van der Waals surface area contributed by atoms with E-state index in [1.54, 1.807) is 0 Å². The molecule has 3 N–H and O–H groups in total. The maximum atomic E-state index is 9.43. The van der Waals surface area contributed by atoms with Crippen molar-refractivity contribution in [2.24, 2.45) is 0 Å². The molecule has 0 saturated heterocycles. The first-order chi connectivity index (χ1) is 5.40. The molecule has 0 aromatic heterocycles. The summed E-state index contributed by atoms with van der Waals surface area (Å²) in [5.74, 6) is -3.93. The Bertz CT molecular complexity index is 166. The molecule has 0 aliphatic rings. The van der Waals surface area contributed by atoms with Crippen molar-refractivity contribution in [3.8, 4) is 0 Å². The van der Waals surface area contributed by atoms with Crippen LogP contribution in [0.5, 0.6) is 0 Å². The van der Waals surface area contributed by atoms with Crippen LogP contribution in [0.4, 0.5) is 0 Å². The van der Waals surface area contributed by atoms with Crippen molar-refractivity contribution in [1.82, 2.24) is 0 Å². The molecule has 0 saturated carbocycles. The number of carboxylic acid groups (broad SMARTS) is 3. The van der Waals surface area contributed by atoms with Crippen LogP contribution >= 0.6 is 0 Å². The first-order valence-electron chi connectivity index (χ1n) is 2.63. The van der Waals surface area contributed by atoms with Crippen molar-refractivity contribution in [1.29, 1.82) is 0 Å². The predicted molar refractivity (Wildman–Crippen MR) is 32.4 cm³/mol. The second-order valence-corrected chi connectivity index (χ2v) is 1.50. The fraction of sp³-hybridized carbons (Fsp3) is 0.400. The standard InChI is InChI=1S/C3H4O4.C2H3O3.Na/c4-2(5)1-3(6)7;3-1-2(4)5;/h1H2,(H,4,5)(H,6,7);1H2,(H,4,5);/q;-1;+1. The van der Waals surface area contributed by atoms with Gasteiger partial charge in [-0.3, -0.25) is 14.4 Å². The van der Waals surface area contributed by atoms with Crippen LogP contribution in [0.2, 0.25) is 0 Å². The monoisotopic (exact) mass is 202 g/mol. The Labute approximate surface area is 95.3 Å². The summed E-state index contributed by atoms with van der Waals surface area (Å²) in [6, 6.07) is 0. The van der Waals surface area contributed by atoms with Gasteiger partial charge in [-0.05, 0) is 6.61 Å². The van der Waals surface area contributed by atoms with E-state index in [1.807, 2.05) is 0 Å². The molecular weight excluding hydrogens is 195 g/mol. The third-order valence-electron chi connectivity index (χ3n) is 0.426. The Kier molecular flexibility index (Phi) is 15.9. The zero-order valence-electron chi connectivity index (χ0n) is 6.89. The topological polar surface area (TPSA) is 135 Å². The van der Waals surface area contributed by atoms with E-state index in [4.69, 9.17) is 25.2 Å². The second-order valence-electron chi connectivity index (χ2n) is 1.50. The molecule has 0 unspecified atom stereocenters. The summed E-state index contributed by atoms with van der Waals surface area (Å²) < 4.78 is 0. The van der Waals surface area contributed by atoms with E-state index in [9.17, 15) is 9.59 Å². The van der Waals surface area contributed by atoms with Crippen LogP contribution in [0.25, 0.3) is 0 Å². The summed E-state index contributed by atoms with van der Waals surface area (Å²) >= 11 is 0. The molecule has 0 aromatic carbocycles. The molecule has 0 rings (SSSR count). The van der Waals surface area contributed by atoms with Gasteiger partial charge in [0.15, 0.2) is 0 Å². The van der Waals surface area contributed by atoms with Crippen molar-refractivity contribution < 1.29 is 64.4 Å². The third-order valence-corrected chi connectivity index (χ3v) is 0.426. The van der Waals surface area contributed by atoms with Crippen LogP contribution < -0.4 is 34.7 Å². The number of hydrogen-bond acceptors (Lipinski definition) is 4. The minimum absolute atomic E-state index is 0. The average molecular weight is 202 g/mol. The first-order valence-corrected chi connectivity index (χ1v) is 2.63. The van der Waals surface area contributed by atoms with Crippen LogP contribution in [0.1, 0.15) is 6.42 Å². The van der Waals surface area contributed by atoms with Crippen molar-refractivity contribution in [3.63, 3.8) is 0 Å². The van der Waals surface area contributed by atoms with Gasteiger partial charge in [-0.2, -0.15) is 0 Å². The number of hydrogen-bond donors (Lipinski definition) is 3. The van der Waals surface area contributed by atoms with Gasteiger partial charge in [0.05, 0.1) is 0 Å². The Morgan fingerprint density at radius 1 is 0.923 bits per heavy atom.